The minimum atomic E-state index is -0.857. The van der Waals surface area contributed by atoms with Crippen molar-refractivity contribution >= 4 is 12.4 Å². The van der Waals surface area contributed by atoms with Crippen molar-refractivity contribution in [1.29, 1.82) is 0 Å². The Morgan fingerprint density at radius 1 is 1.90 bits per heavy atom. The molecule has 0 aromatic heterocycles. The van der Waals surface area contributed by atoms with E-state index in [-0.39, 0.29) is 13.0 Å². The fraction of sp³-hybridized carbons (Fsp3) is 0.600. The number of nitrogens with one attached hydrogen (secondary N) is 1. The third-order valence-corrected chi connectivity index (χ3v) is 0.682. The molecule has 58 valence electrons. The second-order valence-electron chi connectivity index (χ2n) is 1.52. The standard InChI is InChI=1S/C5H10N2O3/c1-6-4-10-7-3-2-5(8)9/h4,7H,2-3H2,1H3,(H,8,9). The second-order valence-corrected chi connectivity index (χ2v) is 1.52. The molecule has 2 N–H and O–H groups in total. The zero-order chi connectivity index (χ0) is 7.82. The molecule has 0 heterocycles. The molecule has 0 aliphatic carbocycles. The molecule has 0 aliphatic rings. The molecular formula is C5H10N2O3. The lowest BCUT2D eigenvalue weighted by Crippen LogP contribution is -2.17. The number of nitrogens with zero attached hydrogens (tertiary/aromatic N) is 1. The highest BCUT2D eigenvalue weighted by Gasteiger charge is 1.93. The van der Waals surface area contributed by atoms with Crippen LogP contribution in [0.1, 0.15) is 6.42 Å². The van der Waals surface area contributed by atoms with Crippen LogP contribution in [0.15, 0.2) is 4.99 Å². The number of aliphatic carboxylic acids is 1. The first kappa shape index (κ1) is 8.90. The lowest BCUT2D eigenvalue weighted by molar-refractivity contribution is -0.137. The molecule has 0 saturated heterocycles. The van der Waals surface area contributed by atoms with E-state index in [4.69, 9.17) is 5.11 Å². The third kappa shape index (κ3) is 6.90. The number of hydrogen-bond acceptors (Lipinski definition) is 4. The normalized spacial score (nSPS) is 10.1. The smallest absolute Gasteiger partial charge is 0.304 e. The van der Waals surface area contributed by atoms with Crippen molar-refractivity contribution in [2.45, 2.75) is 6.42 Å². The number of carboxylic acids is 1. The Kier molecular flexibility index (Phi) is 5.36. The van der Waals surface area contributed by atoms with E-state index in [1.165, 1.54) is 6.40 Å². The van der Waals surface area contributed by atoms with Crippen LogP contribution in [0.3, 0.4) is 0 Å². The average Bonchev–Trinajstić information content (AvgIpc) is 1.87. The predicted molar refractivity (Wildman–Crippen MR) is 35.8 cm³/mol. The van der Waals surface area contributed by atoms with Gasteiger partial charge in [-0.15, -0.1) is 0 Å². The van der Waals surface area contributed by atoms with Crippen molar-refractivity contribution < 1.29 is 14.7 Å². The van der Waals surface area contributed by atoms with Gasteiger partial charge >= 0.3 is 5.97 Å². The summed E-state index contributed by atoms with van der Waals surface area (Å²) in [5.74, 6) is -0.857. The van der Waals surface area contributed by atoms with E-state index in [2.05, 4.69) is 15.3 Å². The van der Waals surface area contributed by atoms with Gasteiger partial charge in [-0.05, 0) is 0 Å². The van der Waals surface area contributed by atoms with Gasteiger partial charge < -0.3 is 9.94 Å². The van der Waals surface area contributed by atoms with Gasteiger partial charge in [-0.3, -0.25) is 9.79 Å². The molecule has 0 bridgehead atoms. The van der Waals surface area contributed by atoms with Gasteiger partial charge in [0, 0.05) is 13.6 Å². The number of aliphatic imine (C=N–C) groups is 1. The first-order chi connectivity index (χ1) is 4.77. The SMILES string of the molecule is CN=CONCCC(=O)O. The Balaban J connectivity index is 2.98. The largest absolute Gasteiger partial charge is 0.481 e. The van der Waals surface area contributed by atoms with E-state index in [9.17, 15) is 4.79 Å². The molecule has 0 amide bonds. The van der Waals surface area contributed by atoms with Gasteiger partial charge in [-0.2, -0.15) is 5.48 Å². The highest BCUT2D eigenvalue weighted by molar-refractivity contribution is 5.66. The highest BCUT2D eigenvalue weighted by atomic mass is 16.6. The summed E-state index contributed by atoms with van der Waals surface area (Å²) in [5, 5.41) is 8.14. The lowest BCUT2D eigenvalue weighted by Gasteiger charge is -1.97. The maximum atomic E-state index is 9.90. The lowest BCUT2D eigenvalue weighted by atomic mass is 10.4. The first-order valence-corrected chi connectivity index (χ1v) is 2.78. The van der Waals surface area contributed by atoms with Crippen LogP contribution in [0, 0.1) is 0 Å². The van der Waals surface area contributed by atoms with Gasteiger partial charge in [0.15, 0.2) is 6.40 Å². The summed E-state index contributed by atoms with van der Waals surface area (Å²) in [6.07, 6.45) is 1.24. The number of rotatable bonds is 5. The molecule has 0 aliphatic heterocycles. The summed E-state index contributed by atoms with van der Waals surface area (Å²) in [5.41, 5.74) is 2.39. The Hall–Kier alpha value is -1.10. The highest BCUT2D eigenvalue weighted by Crippen LogP contribution is 1.73. The quantitative estimate of drug-likeness (QED) is 0.240. The van der Waals surface area contributed by atoms with Gasteiger partial charge in [0.05, 0.1) is 6.42 Å². The molecule has 0 radical (unpaired) electrons. The molecule has 0 aromatic carbocycles. The van der Waals surface area contributed by atoms with Gasteiger partial charge in [-0.1, -0.05) is 0 Å². The summed E-state index contributed by atoms with van der Waals surface area (Å²) < 4.78 is 0. The molecule has 0 atom stereocenters. The number of hydroxylamine groups is 1. The van der Waals surface area contributed by atoms with Crippen LogP contribution in [0.25, 0.3) is 0 Å². The zero-order valence-corrected chi connectivity index (χ0v) is 5.70. The molecule has 10 heavy (non-hydrogen) atoms. The van der Waals surface area contributed by atoms with Crippen LogP contribution in [0.2, 0.25) is 0 Å². The maximum Gasteiger partial charge on any atom is 0.304 e. The van der Waals surface area contributed by atoms with Crippen LogP contribution >= 0.6 is 0 Å². The van der Waals surface area contributed by atoms with E-state index >= 15 is 0 Å². The van der Waals surface area contributed by atoms with Crippen LogP contribution in [-0.2, 0) is 9.63 Å². The van der Waals surface area contributed by atoms with Gasteiger partial charge in [0.2, 0.25) is 0 Å². The van der Waals surface area contributed by atoms with E-state index in [1.807, 2.05) is 0 Å². The Morgan fingerprint density at radius 2 is 2.60 bits per heavy atom. The van der Waals surface area contributed by atoms with E-state index in [0.29, 0.717) is 0 Å². The summed E-state index contributed by atoms with van der Waals surface area (Å²) in [6.45, 7) is 0.279. The maximum absolute atomic E-state index is 9.90. The predicted octanol–water partition coefficient (Wildman–Crippen LogP) is -0.360. The molecule has 0 aromatic rings. The molecule has 0 saturated carbocycles. The van der Waals surface area contributed by atoms with Crippen LogP contribution in [-0.4, -0.2) is 31.1 Å². The van der Waals surface area contributed by atoms with Crippen LogP contribution in [0.4, 0.5) is 0 Å². The topological polar surface area (TPSA) is 70.9 Å². The summed E-state index contributed by atoms with van der Waals surface area (Å²) in [6, 6.07) is 0. The zero-order valence-electron chi connectivity index (χ0n) is 5.70. The fourth-order valence-corrected chi connectivity index (χ4v) is 0.307. The Labute approximate surface area is 58.7 Å². The minimum Gasteiger partial charge on any atom is -0.481 e. The van der Waals surface area contributed by atoms with E-state index in [1.54, 1.807) is 7.05 Å². The van der Waals surface area contributed by atoms with Crippen molar-refractivity contribution in [2.75, 3.05) is 13.6 Å². The monoisotopic (exact) mass is 146 g/mol. The van der Waals surface area contributed by atoms with Crippen molar-refractivity contribution in [3.05, 3.63) is 0 Å². The van der Waals surface area contributed by atoms with E-state index < -0.39 is 5.97 Å². The summed E-state index contributed by atoms with van der Waals surface area (Å²) >= 11 is 0. The molecule has 0 rings (SSSR count). The van der Waals surface area contributed by atoms with Crippen molar-refractivity contribution in [3.8, 4) is 0 Å². The molecular weight excluding hydrogens is 136 g/mol. The van der Waals surface area contributed by atoms with Crippen LogP contribution < -0.4 is 5.48 Å². The molecule has 0 fully saturated rings. The molecule has 5 heteroatoms. The minimum absolute atomic E-state index is 0.0392. The summed E-state index contributed by atoms with van der Waals surface area (Å²) in [7, 11) is 1.55. The first-order valence-electron chi connectivity index (χ1n) is 2.78. The number of carboxylic acid groups (broad SMARTS) is 1. The Bertz CT molecular complexity index is 124. The third-order valence-electron chi connectivity index (χ3n) is 0.682. The fourth-order valence-electron chi connectivity index (χ4n) is 0.307. The second kappa shape index (κ2) is 6.03. The van der Waals surface area contributed by atoms with Crippen molar-refractivity contribution in [1.82, 2.24) is 5.48 Å². The van der Waals surface area contributed by atoms with Gasteiger partial charge in [0.25, 0.3) is 0 Å². The van der Waals surface area contributed by atoms with Crippen LogP contribution in [0.5, 0.6) is 0 Å². The van der Waals surface area contributed by atoms with Gasteiger partial charge in [0.1, 0.15) is 0 Å². The number of carbonyl (C=O) groups is 1. The molecule has 5 nitrogen and oxygen atoms in total. The van der Waals surface area contributed by atoms with Crippen molar-refractivity contribution in [2.24, 2.45) is 4.99 Å². The van der Waals surface area contributed by atoms with Gasteiger partial charge in [-0.25, -0.2) is 0 Å². The number of hydrogen-bond donors (Lipinski definition) is 2. The molecule has 0 unspecified atom stereocenters. The molecule has 0 spiro atoms. The summed E-state index contributed by atoms with van der Waals surface area (Å²) in [4.78, 5) is 17.9. The average molecular weight is 146 g/mol. The van der Waals surface area contributed by atoms with E-state index in [0.717, 1.165) is 0 Å². The Morgan fingerprint density at radius 3 is 3.10 bits per heavy atom. The van der Waals surface area contributed by atoms with Crippen molar-refractivity contribution in [3.63, 3.8) is 0 Å².